The Morgan fingerprint density at radius 3 is 2.83 bits per heavy atom. The van der Waals surface area contributed by atoms with Crippen LogP contribution in [0.25, 0.3) is 0 Å². The fraction of sp³-hybridized carbons (Fsp3) is 0.417. The van der Waals surface area contributed by atoms with E-state index in [0.717, 1.165) is 10.2 Å². The second-order valence-electron chi connectivity index (χ2n) is 4.08. The van der Waals surface area contributed by atoms with Crippen molar-refractivity contribution in [2.24, 2.45) is 0 Å². The average Bonchev–Trinajstić information content (AvgIpc) is 2.25. The molecule has 1 rings (SSSR count). The van der Waals surface area contributed by atoms with Crippen molar-refractivity contribution >= 4 is 38.3 Å². The van der Waals surface area contributed by atoms with E-state index in [4.69, 9.17) is 0 Å². The Bertz CT molecular complexity index is 440. The van der Waals surface area contributed by atoms with Crippen molar-refractivity contribution in [1.29, 1.82) is 0 Å². The van der Waals surface area contributed by atoms with Crippen LogP contribution in [0.2, 0.25) is 0 Å². The van der Waals surface area contributed by atoms with E-state index in [1.54, 1.807) is 6.26 Å². The van der Waals surface area contributed by atoms with Crippen LogP contribution in [0, 0.1) is 0 Å². The second-order valence-corrected chi connectivity index (χ2v) is 6.48. The minimum absolute atomic E-state index is 0.0593. The highest BCUT2D eigenvalue weighted by Gasteiger charge is 2.07. The molecule has 0 fully saturated rings. The maximum absolute atomic E-state index is 11.6. The predicted molar refractivity (Wildman–Crippen MR) is 79.2 cm³/mol. The first kappa shape index (κ1) is 15.3. The number of rotatable bonds is 6. The van der Waals surface area contributed by atoms with Crippen LogP contribution in [0.15, 0.2) is 28.7 Å². The molecule has 0 heterocycles. The summed E-state index contributed by atoms with van der Waals surface area (Å²) in [5.41, 5.74) is 0.753. The van der Waals surface area contributed by atoms with E-state index in [9.17, 15) is 9.00 Å². The van der Waals surface area contributed by atoms with Crippen LogP contribution in [-0.2, 0) is 15.6 Å². The quantitative estimate of drug-likeness (QED) is 0.834. The number of nitrogens with one attached hydrogen (secondary N) is 2. The summed E-state index contributed by atoms with van der Waals surface area (Å²) in [6.07, 6.45) is 1.65. The summed E-state index contributed by atoms with van der Waals surface area (Å²) in [5, 5.41) is 5.82. The van der Waals surface area contributed by atoms with Crippen LogP contribution in [0.4, 0.5) is 5.69 Å². The van der Waals surface area contributed by atoms with Crippen LogP contribution in [0.5, 0.6) is 0 Å². The molecule has 100 valence electrons. The Balaban J connectivity index is 2.36. The lowest BCUT2D eigenvalue weighted by molar-refractivity contribution is -0.115. The standard InChI is InChI=1S/C12H17BrN2O2S/c1-9(8-18(2)17)14-7-12(16)15-11-5-3-4-10(13)6-11/h3-6,9,14H,7-8H2,1-2H3,(H,15,16). The van der Waals surface area contributed by atoms with Gasteiger partial charge in [-0.2, -0.15) is 0 Å². The molecule has 1 aromatic carbocycles. The Hall–Kier alpha value is -0.720. The molecule has 0 aliphatic rings. The maximum atomic E-state index is 11.6. The molecule has 0 aromatic heterocycles. The van der Waals surface area contributed by atoms with Gasteiger partial charge in [0.1, 0.15) is 0 Å². The van der Waals surface area contributed by atoms with E-state index in [1.807, 2.05) is 31.2 Å². The first-order chi connectivity index (χ1) is 8.47. The van der Waals surface area contributed by atoms with Crippen molar-refractivity contribution in [3.05, 3.63) is 28.7 Å². The summed E-state index contributed by atoms with van der Waals surface area (Å²) in [7, 11) is -0.852. The van der Waals surface area contributed by atoms with E-state index in [0.29, 0.717) is 5.75 Å². The topological polar surface area (TPSA) is 58.2 Å². The molecule has 4 nitrogen and oxygen atoms in total. The highest BCUT2D eigenvalue weighted by atomic mass is 79.9. The largest absolute Gasteiger partial charge is 0.325 e. The predicted octanol–water partition coefficient (Wildman–Crippen LogP) is 1.74. The van der Waals surface area contributed by atoms with Gasteiger partial charge >= 0.3 is 0 Å². The third kappa shape index (κ3) is 6.28. The first-order valence-corrected chi connectivity index (χ1v) is 8.08. The van der Waals surface area contributed by atoms with E-state index in [1.165, 1.54) is 0 Å². The number of carbonyl (C=O) groups is 1. The lowest BCUT2D eigenvalue weighted by Gasteiger charge is -2.12. The molecule has 2 atom stereocenters. The summed E-state index contributed by atoms with van der Waals surface area (Å²) >= 11 is 3.34. The SMILES string of the molecule is CC(CS(C)=O)NCC(=O)Nc1cccc(Br)c1. The van der Waals surface area contributed by atoms with Gasteiger partial charge in [0.15, 0.2) is 0 Å². The summed E-state index contributed by atoms with van der Waals surface area (Å²) < 4.78 is 11.9. The molecule has 6 heteroatoms. The maximum Gasteiger partial charge on any atom is 0.238 e. The van der Waals surface area contributed by atoms with Gasteiger partial charge in [0.2, 0.25) is 5.91 Å². The van der Waals surface area contributed by atoms with Crippen molar-refractivity contribution in [2.75, 3.05) is 23.9 Å². The fourth-order valence-corrected chi connectivity index (χ4v) is 2.67. The molecular formula is C12H17BrN2O2S. The van der Waals surface area contributed by atoms with Gasteiger partial charge < -0.3 is 10.6 Å². The molecule has 18 heavy (non-hydrogen) atoms. The number of halogens is 1. The van der Waals surface area contributed by atoms with Gasteiger partial charge in [0.05, 0.1) is 6.54 Å². The average molecular weight is 333 g/mol. The minimum Gasteiger partial charge on any atom is -0.325 e. The van der Waals surface area contributed by atoms with Gasteiger partial charge in [0.25, 0.3) is 0 Å². The van der Waals surface area contributed by atoms with Crippen molar-refractivity contribution in [1.82, 2.24) is 5.32 Å². The van der Waals surface area contributed by atoms with Crippen molar-refractivity contribution in [3.8, 4) is 0 Å². The molecule has 2 N–H and O–H groups in total. The van der Waals surface area contributed by atoms with Gasteiger partial charge in [-0.15, -0.1) is 0 Å². The van der Waals surface area contributed by atoms with Crippen LogP contribution in [0.3, 0.4) is 0 Å². The van der Waals surface area contributed by atoms with E-state index in [-0.39, 0.29) is 18.5 Å². The zero-order valence-electron chi connectivity index (χ0n) is 10.4. The molecule has 0 bridgehead atoms. The highest BCUT2D eigenvalue weighted by Crippen LogP contribution is 2.15. The molecule has 0 saturated heterocycles. The van der Waals surface area contributed by atoms with Crippen LogP contribution in [0.1, 0.15) is 6.92 Å². The number of benzene rings is 1. The van der Waals surface area contributed by atoms with Gasteiger partial charge in [-0.3, -0.25) is 9.00 Å². The van der Waals surface area contributed by atoms with Gasteiger partial charge in [-0.25, -0.2) is 0 Å². The Kier molecular flexibility index (Phi) is 6.52. The van der Waals surface area contributed by atoms with E-state index < -0.39 is 10.8 Å². The fourth-order valence-electron chi connectivity index (χ4n) is 1.45. The Morgan fingerprint density at radius 2 is 2.22 bits per heavy atom. The van der Waals surface area contributed by atoms with Crippen LogP contribution in [-0.4, -0.2) is 34.7 Å². The summed E-state index contributed by atoms with van der Waals surface area (Å²) in [5.74, 6) is 0.436. The lowest BCUT2D eigenvalue weighted by atomic mass is 10.3. The number of anilines is 1. The van der Waals surface area contributed by atoms with Crippen molar-refractivity contribution in [3.63, 3.8) is 0 Å². The van der Waals surface area contributed by atoms with Crippen LogP contribution < -0.4 is 10.6 Å². The number of hydrogen-bond acceptors (Lipinski definition) is 3. The smallest absolute Gasteiger partial charge is 0.238 e. The summed E-state index contributed by atoms with van der Waals surface area (Å²) in [6, 6.07) is 7.47. The highest BCUT2D eigenvalue weighted by molar-refractivity contribution is 9.10. The van der Waals surface area contributed by atoms with E-state index in [2.05, 4.69) is 26.6 Å². The Morgan fingerprint density at radius 1 is 1.50 bits per heavy atom. The van der Waals surface area contributed by atoms with Crippen molar-refractivity contribution < 1.29 is 9.00 Å². The monoisotopic (exact) mass is 332 g/mol. The van der Waals surface area contributed by atoms with Gasteiger partial charge in [-0.05, 0) is 25.1 Å². The molecule has 0 aliphatic carbocycles. The van der Waals surface area contributed by atoms with E-state index >= 15 is 0 Å². The molecule has 0 aliphatic heterocycles. The zero-order valence-corrected chi connectivity index (χ0v) is 12.8. The zero-order chi connectivity index (χ0) is 13.5. The van der Waals surface area contributed by atoms with Crippen LogP contribution >= 0.6 is 15.9 Å². The molecule has 0 saturated carbocycles. The lowest BCUT2D eigenvalue weighted by Crippen LogP contribution is -2.37. The summed E-state index contributed by atoms with van der Waals surface area (Å²) in [4.78, 5) is 11.6. The van der Waals surface area contributed by atoms with Crippen molar-refractivity contribution in [2.45, 2.75) is 13.0 Å². The number of hydrogen-bond donors (Lipinski definition) is 2. The molecule has 0 spiro atoms. The summed E-state index contributed by atoms with van der Waals surface area (Å²) in [6.45, 7) is 2.12. The first-order valence-electron chi connectivity index (χ1n) is 5.56. The second kappa shape index (κ2) is 7.66. The number of amides is 1. The van der Waals surface area contributed by atoms with Gasteiger partial charge in [-0.1, -0.05) is 22.0 Å². The molecule has 1 amide bonds. The molecule has 1 aromatic rings. The molecule has 0 radical (unpaired) electrons. The molecular weight excluding hydrogens is 316 g/mol. The minimum atomic E-state index is -0.852. The third-order valence-electron chi connectivity index (χ3n) is 2.20. The molecule has 2 unspecified atom stereocenters. The van der Waals surface area contributed by atoms with Gasteiger partial charge in [0, 0.05) is 39.0 Å². The normalized spacial score (nSPS) is 13.9. The third-order valence-corrected chi connectivity index (χ3v) is 3.67. The Labute approximate surface area is 118 Å². The number of carbonyl (C=O) groups excluding carboxylic acids is 1.